The zero-order valence-electron chi connectivity index (χ0n) is 14.6. The number of carbonyl (C=O) groups is 1. The van der Waals surface area contributed by atoms with Gasteiger partial charge in [-0.05, 0) is 31.5 Å². The number of hydrogen-bond donors (Lipinski definition) is 2. The molecule has 5 nitrogen and oxygen atoms in total. The van der Waals surface area contributed by atoms with E-state index < -0.39 is 25.2 Å². The molecular weight excluding hydrogens is 392 g/mol. The number of carbonyl (C=O) groups excluding carboxylic acids is 1. The number of nitrogens with zero attached hydrogens (tertiary/aromatic N) is 2. The first-order chi connectivity index (χ1) is 12.0. The number of hydrogen-bond acceptors (Lipinski definition) is 2. The van der Waals surface area contributed by atoms with Gasteiger partial charge in [0, 0.05) is 23.6 Å². The molecule has 0 heterocycles. The lowest BCUT2D eigenvalue weighted by atomic mass is 10.1. The lowest BCUT2D eigenvalue weighted by Crippen LogP contribution is -2.41. The molecule has 0 saturated carbocycles. The van der Waals surface area contributed by atoms with Gasteiger partial charge < -0.3 is 15.5 Å². The standard InChI is InChI=1S/C16H21Cl2F3N4O/c1-4-22-15(23-8-14(26)25(3)9-16(19,20)21)24-10(2)12-6-5-11(17)7-13(12)18/h5-7,10H,4,8-9H2,1-3H3,(H2,22,23,24). The summed E-state index contributed by atoms with van der Waals surface area (Å²) in [6.07, 6.45) is -4.45. The number of halogens is 5. The number of rotatable bonds is 6. The summed E-state index contributed by atoms with van der Waals surface area (Å²) in [5.74, 6) is -0.448. The molecule has 0 fully saturated rings. The van der Waals surface area contributed by atoms with Gasteiger partial charge in [-0.3, -0.25) is 4.79 Å². The van der Waals surface area contributed by atoms with Gasteiger partial charge in [-0.15, -0.1) is 0 Å². The number of alkyl halides is 3. The predicted octanol–water partition coefficient (Wildman–Crippen LogP) is 3.63. The average Bonchev–Trinajstić information content (AvgIpc) is 2.50. The summed E-state index contributed by atoms with van der Waals surface area (Å²) in [7, 11) is 1.09. The van der Waals surface area contributed by atoms with E-state index in [1.165, 1.54) is 0 Å². The molecule has 1 aromatic rings. The second-order valence-electron chi connectivity index (χ2n) is 5.59. The fourth-order valence-corrected chi connectivity index (χ4v) is 2.65. The van der Waals surface area contributed by atoms with Crippen LogP contribution in [0.5, 0.6) is 0 Å². The average molecular weight is 413 g/mol. The van der Waals surface area contributed by atoms with Crippen LogP contribution < -0.4 is 10.6 Å². The molecule has 2 N–H and O–H groups in total. The first kappa shape index (κ1) is 22.4. The Labute approximate surface area is 160 Å². The number of benzene rings is 1. The third-order valence-electron chi connectivity index (χ3n) is 3.34. The third kappa shape index (κ3) is 7.70. The maximum absolute atomic E-state index is 12.3. The van der Waals surface area contributed by atoms with E-state index in [9.17, 15) is 18.0 Å². The second-order valence-corrected chi connectivity index (χ2v) is 6.44. The van der Waals surface area contributed by atoms with Gasteiger partial charge in [0.25, 0.3) is 0 Å². The van der Waals surface area contributed by atoms with Crippen molar-refractivity contribution in [3.63, 3.8) is 0 Å². The predicted molar refractivity (Wildman–Crippen MR) is 97.7 cm³/mol. The van der Waals surface area contributed by atoms with Gasteiger partial charge >= 0.3 is 6.18 Å². The van der Waals surface area contributed by atoms with Gasteiger partial charge in [0.2, 0.25) is 5.91 Å². The van der Waals surface area contributed by atoms with Gasteiger partial charge in [0.1, 0.15) is 13.1 Å². The van der Waals surface area contributed by atoms with Gasteiger partial charge in [-0.1, -0.05) is 29.3 Å². The highest BCUT2D eigenvalue weighted by Crippen LogP contribution is 2.26. The van der Waals surface area contributed by atoms with E-state index in [0.29, 0.717) is 27.4 Å². The van der Waals surface area contributed by atoms with E-state index in [0.717, 1.165) is 12.6 Å². The van der Waals surface area contributed by atoms with Crippen molar-refractivity contribution in [1.29, 1.82) is 0 Å². The maximum atomic E-state index is 12.3. The summed E-state index contributed by atoms with van der Waals surface area (Å²) in [5, 5.41) is 6.96. The molecule has 1 rings (SSSR count). The minimum atomic E-state index is -4.45. The van der Waals surface area contributed by atoms with Crippen molar-refractivity contribution < 1.29 is 18.0 Å². The zero-order chi connectivity index (χ0) is 19.9. The molecule has 1 unspecified atom stereocenters. The van der Waals surface area contributed by atoms with Gasteiger partial charge in [0.05, 0.1) is 6.04 Å². The molecule has 1 aromatic carbocycles. The molecular formula is C16H21Cl2F3N4O. The van der Waals surface area contributed by atoms with Crippen LogP contribution in [-0.4, -0.2) is 49.6 Å². The molecule has 0 radical (unpaired) electrons. The third-order valence-corrected chi connectivity index (χ3v) is 3.90. The Morgan fingerprint density at radius 1 is 1.35 bits per heavy atom. The first-order valence-electron chi connectivity index (χ1n) is 7.84. The highest BCUT2D eigenvalue weighted by molar-refractivity contribution is 6.35. The molecule has 0 bridgehead atoms. The first-order valence-corrected chi connectivity index (χ1v) is 8.59. The molecule has 26 heavy (non-hydrogen) atoms. The Hall–Kier alpha value is -1.67. The number of aliphatic imine (C=N–C) groups is 1. The molecule has 0 spiro atoms. The monoisotopic (exact) mass is 412 g/mol. The molecule has 0 aliphatic carbocycles. The highest BCUT2D eigenvalue weighted by atomic mass is 35.5. The van der Waals surface area contributed by atoms with Crippen LogP contribution >= 0.6 is 23.2 Å². The van der Waals surface area contributed by atoms with Crippen LogP contribution in [0.15, 0.2) is 23.2 Å². The molecule has 0 aromatic heterocycles. The van der Waals surface area contributed by atoms with Crippen molar-refractivity contribution in [2.24, 2.45) is 4.99 Å². The molecule has 1 atom stereocenters. The summed E-state index contributed by atoms with van der Waals surface area (Å²) in [4.78, 5) is 16.4. The maximum Gasteiger partial charge on any atom is 0.406 e. The van der Waals surface area contributed by atoms with Crippen LogP contribution in [0.1, 0.15) is 25.5 Å². The van der Waals surface area contributed by atoms with Crippen LogP contribution in [0.25, 0.3) is 0 Å². The van der Waals surface area contributed by atoms with Crippen molar-refractivity contribution in [2.75, 3.05) is 26.7 Å². The minimum Gasteiger partial charge on any atom is -0.357 e. The minimum absolute atomic E-state index is 0.263. The van der Waals surface area contributed by atoms with Crippen molar-refractivity contribution in [1.82, 2.24) is 15.5 Å². The fraction of sp³-hybridized carbons (Fsp3) is 0.500. The Morgan fingerprint density at radius 3 is 2.54 bits per heavy atom. The van der Waals surface area contributed by atoms with Gasteiger partial charge in [-0.25, -0.2) is 4.99 Å². The van der Waals surface area contributed by atoms with Crippen LogP contribution in [0.4, 0.5) is 13.2 Å². The van der Waals surface area contributed by atoms with E-state index in [1.807, 2.05) is 13.8 Å². The van der Waals surface area contributed by atoms with Crippen molar-refractivity contribution in [2.45, 2.75) is 26.1 Å². The summed E-state index contributed by atoms with van der Waals surface area (Å²) >= 11 is 12.0. The van der Waals surface area contributed by atoms with Crippen molar-refractivity contribution >= 4 is 35.1 Å². The molecule has 146 valence electrons. The molecule has 1 amide bonds. The van der Waals surface area contributed by atoms with E-state index in [2.05, 4.69) is 15.6 Å². The summed E-state index contributed by atoms with van der Waals surface area (Å²) < 4.78 is 37.0. The Kier molecular flexibility index (Phi) is 8.49. The van der Waals surface area contributed by atoms with Crippen molar-refractivity contribution in [3.05, 3.63) is 33.8 Å². The SMILES string of the molecule is CCNC(=NCC(=O)N(C)CC(F)(F)F)NC(C)c1ccc(Cl)cc1Cl. The van der Waals surface area contributed by atoms with Crippen LogP contribution in [0.3, 0.4) is 0 Å². The number of guanidine groups is 1. The van der Waals surface area contributed by atoms with Crippen LogP contribution in [0.2, 0.25) is 10.0 Å². The van der Waals surface area contributed by atoms with Crippen LogP contribution in [-0.2, 0) is 4.79 Å². The topological polar surface area (TPSA) is 56.7 Å². The number of likely N-dealkylation sites (N-methyl/N-ethyl adjacent to an activating group) is 1. The molecule has 0 saturated heterocycles. The van der Waals surface area contributed by atoms with E-state index in [4.69, 9.17) is 23.2 Å². The summed E-state index contributed by atoms with van der Waals surface area (Å²) in [6.45, 7) is 2.44. The smallest absolute Gasteiger partial charge is 0.357 e. The molecule has 0 aliphatic rings. The molecule has 10 heteroatoms. The Bertz CT molecular complexity index is 653. The quantitative estimate of drug-likeness (QED) is 0.553. The van der Waals surface area contributed by atoms with Crippen molar-refractivity contribution in [3.8, 4) is 0 Å². The summed E-state index contributed by atoms with van der Waals surface area (Å²) in [5.41, 5.74) is 0.766. The largest absolute Gasteiger partial charge is 0.406 e. The van der Waals surface area contributed by atoms with Crippen LogP contribution in [0, 0.1) is 0 Å². The van der Waals surface area contributed by atoms with E-state index >= 15 is 0 Å². The summed E-state index contributed by atoms with van der Waals surface area (Å²) in [6, 6.07) is 4.80. The number of amides is 1. The zero-order valence-corrected chi connectivity index (χ0v) is 16.1. The lowest BCUT2D eigenvalue weighted by molar-refractivity contribution is -0.157. The van der Waals surface area contributed by atoms with Gasteiger partial charge in [0.15, 0.2) is 5.96 Å². The van der Waals surface area contributed by atoms with E-state index in [-0.39, 0.29) is 6.04 Å². The Balaban J connectivity index is 2.78. The fourth-order valence-electron chi connectivity index (χ4n) is 2.08. The lowest BCUT2D eigenvalue weighted by Gasteiger charge is -2.20. The van der Waals surface area contributed by atoms with Gasteiger partial charge in [-0.2, -0.15) is 13.2 Å². The second kappa shape index (κ2) is 9.87. The Morgan fingerprint density at radius 2 is 2.00 bits per heavy atom. The normalized spacial score (nSPS) is 13.3. The molecule has 0 aliphatic heterocycles. The van der Waals surface area contributed by atoms with E-state index in [1.54, 1.807) is 18.2 Å². The number of nitrogens with one attached hydrogen (secondary N) is 2. The highest BCUT2D eigenvalue weighted by Gasteiger charge is 2.31.